The largest absolute Gasteiger partial charge is 0.463 e. The Balaban J connectivity index is 1.58. The third-order valence-electron chi connectivity index (χ3n) is 11.3. The van der Waals surface area contributed by atoms with Crippen molar-refractivity contribution in [3.63, 3.8) is 0 Å². The summed E-state index contributed by atoms with van der Waals surface area (Å²) in [4.78, 5) is 24.3. The average Bonchev–Trinajstić information content (AvgIpc) is 3.14. The van der Waals surface area contributed by atoms with Crippen LogP contribution in [0.4, 0.5) is 0 Å². The van der Waals surface area contributed by atoms with Crippen molar-refractivity contribution in [1.82, 2.24) is 0 Å². The van der Waals surface area contributed by atoms with Crippen molar-refractivity contribution < 1.29 is 14.3 Å². The van der Waals surface area contributed by atoms with Crippen molar-refractivity contribution in [2.75, 3.05) is 0 Å². The lowest BCUT2D eigenvalue weighted by Gasteiger charge is -2.61. The van der Waals surface area contributed by atoms with Crippen LogP contribution < -0.4 is 0 Å². The number of allylic oxidation sites excluding steroid dienone is 4. The van der Waals surface area contributed by atoms with Gasteiger partial charge in [0, 0.05) is 12.3 Å². The number of fused-ring (bicyclic) bond motifs is 5. The lowest BCUT2D eigenvalue weighted by atomic mass is 9.43. The zero-order chi connectivity index (χ0) is 24.9. The summed E-state index contributed by atoms with van der Waals surface area (Å²) < 4.78 is 5.60. The molecule has 0 amide bonds. The smallest absolute Gasteiger partial charge is 0.302 e. The van der Waals surface area contributed by atoms with E-state index in [-0.39, 0.29) is 17.5 Å². The van der Waals surface area contributed by atoms with Gasteiger partial charge in [0.1, 0.15) is 12.4 Å². The van der Waals surface area contributed by atoms with E-state index in [1.165, 1.54) is 38.9 Å². The normalized spacial score (nSPS) is 43.5. The van der Waals surface area contributed by atoms with Crippen LogP contribution in [0, 0.1) is 51.8 Å². The molecule has 0 bridgehead atoms. The van der Waals surface area contributed by atoms with E-state index in [1.807, 2.05) is 0 Å². The molecule has 0 aromatic heterocycles. The van der Waals surface area contributed by atoms with Crippen LogP contribution in [0.5, 0.6) is 0 Å². The van der Waals surface area contributed by atoms with Crippen LogP contribution in [0.15, 0.2) is 23.8 Å². The molecule has 1 unspecified atom stereocenters. The lowest BCUT2D eigenvalue weighted by Crippen LogP contribution is -2.56. The zero-order valence-corrected chi connectivity index (χ0v) is 22.7. The highest BCUT2D eigenvalue weighted by Crippen LogP contribution is 2.69. The van der Waals surface area contributed by atoms with Gasteiger partial charge in [-0.25, -0.2) is 0 Å². The zero-order valence-electron chi connectivity index (χ0n) is 22.7. The summed E-state index contributed by atoms with van der Waals surface area (Å²) >= 11 is 0. The molecular weight excluding hydrogens is 420 g/mol. The SMILES string of the molecule is CC(=O)O[C@H]1CC[C@]2(C)C3CC[C@]4(C)[C@@H]([C@H](C)/C=C/[C@H](C)C(C)C)CC[C@H]4C3=CC[C@@]2(C=O)C1. The van der Waals surface area contributed by atoms with Crippen LogP contribution in [0.3, 0.4) is 0 Å². The van der Waals surface area contributed by atoms with Gasteiger partial charge in [-0.2, -0.15) is 0 Å². The first-order valence-corrected chi connectivity index (χ1v) is 14.0. The third kappa shape index (κ3) is 4.03. The molecule has 4 aliphatic rings. The summed E-state index contributed by atoms with van der Waals surface area (Å²) in [5.41, 5.74) is 1.62. The van der Waals surface area contributed by atoms with Gasteiger partial charge in [0.05, 0.1) is 0 Å². The molecule has 3 heteroatoms. The highest BCUT2D eigenvalue weighted by Gasteiger charge is 2.63. The quantitative estimate of drug-likeness (QED) is 0.230. The van der Waals surface area contributed by atoms with Crippen LogP contribution in [-0.2, 0) is 14.3 Å². The minimum Gasteiger partial charge on any atom is -0.463 e. The molecule has 0 aliphatic heterocycles. The Morgan fingerprint density at radius 1 is 1.03 bits per heavy atom. The van der Waals surface area contributed by atoms with E-state index in [1.54, 1.807) is 5.57 Å². The Morgan fingerprint density at radius 2 is 1.76 bits per heavy atom. The molecule has 0 aromatic rings. The van der Waals surface area contributed by atoms with Crippen LogP contribution >= 0.6 is 0 Å². The van der Waals surface area contributed by atoms with Gasteiger partial charge in [0.25, 0.3) is 0 Å². The Labute approximate surface area is 208 Å². The maximum Gasteiger partial charge on any atom is 0.302 e. The molecule has 190 valence electrons. The van der Waals surface area contributed by atoms with Gasteiger partial charge in [-0.3, -0.25) is 4.79 Å². The topological polar surface area (TPSA) is 43.4 Å². The van der Waals surface area contributed by atoms with E-state index < -0.39 is 5.41 Å². The molecule has 0 aromatic carbocycles. The number of hydrogen-bond acceptors (Lipinski definition) is 3. The van der Waals surface area contributed by atoms with Crippen molar-refractivity contribution in [2.24, 2.45) is 51.8 Å². The van der Waals surface area contributed by atoms with Gasteiger partial charge in [-0.1, -0.05) is 65.3 Å². The minimum absolute atomic E-state index is 0.0207. The first kappa shape index (κ1) is 25.7. The predicted molar refractivity (Wildman–Crippen MR) is 138 cm³/mol. The molecule has 0 spiro atoms. The summed E-state index contributed by atoms with van der Waals surface area (Å²) in [6.07, 6.45) is 17.0. The molecule has 0 radical (unpaired) electrons. The van der Waals surface area contributed by atoms with E-state index in [2.05, 4.69) is 59.8 Å². The number of rotatable bonds is 6. The molecule has 3 saturated carbocycles. The van der Waals surface area contributed by atoms with Crippen molar-refractivity contribution in [1.29, 1.82) is 0 Å². The Kier molecular flexibility index (Phi) is 6.99. The average molecular weight is 469 g/mol. The van der Waals surface area contributed by atoms with Crippen molar-refractivity contribution >= 4 is 12.3 Å². The fourth-order valence-corrected chi connectivity index (χ4v) is 8.73. The van der Waals surface area contributed by atoms with Crippen LogP contribution in [-0.4, -0.2) is 18.4 Å². The lowest BCUT2D eigenvalue weighted by molar-refractivity contribution is -0.163. The minimum atomic E-state index is -0.395. The molecule has 34 heavy (non-hydrogen) atoms. The number of esters is 1. The van der Waals surface area contributed by atoms with Crippen molar-refractivity contribution in [3.8, 4) is 0 Å². The highest BCUT2D eigenvalue weighted by atomic mass is 16.5. The second-order valence-electron chi connectivity index (χ2n) is 13.3. The van der Waals surface area contributed by atoms with Gasteiger partial charge in [-0.05, 0) is 97.7 Å². The van der Waals surface area contributed by atoms with Gasteiger partial charge in [0.15, 0.2) is 0 Å². The monoisotopic (exact) mass is 468 g/mol. The number of aldehydes is 1. The second-order valence-corrected chi connectivity index (χ2v) is 13.3. The summed E-state index contributed by atoms with van der Waals surface area (Å²) in [6, 6.07) is 0. The molecule has 3 fully saturated rings. The molecule has 3 nitrogen and oxygen atoms in total. The van der Waals surface area contributed by atoms with Crippen LogP contribution in [0.2, 0.25) is 0 Å². The summed E-state index contributed by atoms with van der Waals surface area (Å²) in [5, 5.41) is 0. The predicted octanol–water partition coefficient (Wildman–Crippen LogP) is 7.55. The van der Waals surface area contributed by atoms with E-state index in [0.717, 1.165) is 25.2 Å². The Morgan fingerprint density at radius 3 is 2.41 bits per heavy atom. The molecule has 0 heterocycles. The van der Waals surface area contributed by atoms with Gasteiger partial charge in [0.2, 0.25) is 0 Å². The molecule has 9 atom stereocenters. The van der Waals surface area contributed by atoms with Gasteiger partial charge in [-0.15, -0.1) is 0 Å². The van der Waals surface area contributed by atoms with Crippen LogP contribution in [0.25, 0.3) is 0 Å². The summed E-state index contributed by atoms with van der Waals surface area (Å²) in [6.45, 7) is 15.8. The van der Waals surface area contributed by atoms with E-state index in [0.29, 0.717) is 41.4 Å². The summed E-state index contributed by atoms with van der Waals surface area (Å²) in [5.74, 6) is 3.59. The van der Waals surface area contributed by atoms with Crippen LogP contribution in [0.1, 0.15) is 99.8 Å². The number of ether oxygens (including phenoxy) is 1. The second kappa shape index (κ2) is 9.25. The molecular formula is C31H48O3. The van der Waals surface area contributed by atoms with E-state index >= 15 is 0 Å². The molecule has 0 saturated heterocycles. The Hall–Kier alpha value is -1.38. The summed E-state index contributed by atoms with van der Waals surface area (Å²) in [7, 11) is 0. The van der Waals surface area contributed by atoms with Gasteiger partial charge >= 0.3 is 5.97 Å². The third-order valence-corrected chi connectivity index (χ3v) is 11.3. The standard InChI is InChI=1S/C31H48O3/c1-20(2)21(3)8-9-22(4)26-10-11-27-25-13-17-31(19-32)18-24(34-23(5)33)12-16-30(31,7)28(25)14-15-29(26,27)6/h8-9,13,19-22,24,26-28H,10-12,14-18H2,1-7H3/b9-8+/t21-,22+,24-,26+,27-,28?,29+,30+,31-/m0/s1. The highest BCUT2D eigenvalue weighted by molar-refractivity contribution is 5.67. The number of carbonyl (C=O) groups is 2. The maximum absolute atomic E-state index is 12.7. The van der Waals surface area contributed by atoms with Crippen molar-refractivity contribution in [2.45, 2.75) is 106 Å². The van der Waals surface area contributed by atoms with E-state index in [9.17, 15) is 9.59 Å². The first-order chi connectivity index (χ1) is 16.0. The molecule has 4 rings (SSSR count). The van der Waals surface area contributed by atoms with E-state index in [4.69, 9.17) is 4.74 Å². The fraction of sp³-hybridized carbons (Fsp3) is 0.806. The van der Waals surface area contributed by atoms with Crippen molar-refractivity contribution in [3.05, 3.63) is 23.8 Å². The number of hydrogen-bond donors (Lipinski definition) is 0. The number of carbonyl (C=O) groups excluding carboxylic acids is 2. The Bertz CT molecular complexity index is 855. The van der Waals surface area contributed by atoms with Gasteiger partial charge < -0.3 is 9.53 Å². The maximum atomic E-state index is 12.7. The fourth-order valence-electron chi connectivity index (χ4n) is 8.73. The molecule has 0 N–H and O–H groups in total. The first-order valence-electron chi connectivity index (χ1n) is 14.0. The molecule has 4 aliphatic carbocycles.